The summed E-state index contributed by atoms with van der Waals surface area (Å²) in [7, 11) is 0. The number of amides is 3. The van der Waals surface area contributed by atoms with E-state index in [-0.39, 0.29) is 17.0 Å². The normalized spacial score (nSPS) is 17.7. The summed E-state index contributed by atoms with van der Waals surface area (Å²) in [6.07, 6.45) is 7.21. The fourth-order valence-corrected chi connectivity index (χ4v) is 5.64. The van der Waals surface area contributed by atoms with E-state index in [1.807, 2.05) is 13.8 Å². The number of hydrogen-bond acceptors (Lipinski definition) is 4. The number of fused-ring (bicyclic) bond motifs is 2. The number of likely N-dealkylation sites (tertiary alicyclic amines) is 1. The Labute approximate surface area is 191 Å². The minimum Gasteiger partial charge on any atom is -0.586 e. The van der Waals surface area contributed by atoms with Gasteiger partial charge in [-0.1, -0.05) is 6.07 Å². The predicted molar refractivity (Wildman–Crippen MR) is 122 cm³/mol. The molecule has 1 fully saturated rings. The summed E-state index contributed by atoms with van der Waals surface area (Å²) in [6, 6.07) is 3.27. The molecule has 1 aliphatic heterocycles. The molecule has 0 radical (unpaired) electrons. The summed E-state index contributed by atoms with van der Waals surface area (Å²) in [4.78, 5) is 27.3. The van der Waals surface area contributed by atoms with E-state index in [9.17, 15) is 14.1 Å². The number of hydrogen-bond donors (Lipinski definition) is 2. The van der Waals surface area contributed by atoms with E-state index in [4.69, 9.17) is 0 Å². The average molecular weight is 456 g/mol. The van der Waals surface area contributed by atoms with Crippen molar-refractivity contribution in [3.63, 3.8) is 0 Å². The lowest BCUT2D eigenvalue weighted by Gasteiger charge is -2.31. The third-order valence-electron chi connectivity index (χ3n) is 6.65. The van der Waals surface area contributed by atoms with Crippen molar-refractivity contribution in [1.82, 2.24) is 19.4 Å². The maximum absolute atomic E-state index is 12.9. The third kappa shape index (κ3) is 3.77. The highest BCUT2D eigenvalue weighted by atomic mass is 32.2. The molecule has 0 bridgehead atoms. The zero-order chi connectivity index (χ0) is 22.4. The number of nitrogens with one attached hydrogen (secondary N) is 2. The Hall–Kier alpha value is -2.52. The number of carbonyl (C=O) groups excluding carboxylic acids is 2. The van der Waals surface area contributed by atoms with Crippen LogP contribution in [0.25, 0.3) is 0 Å². The second-order valence-corrected chi connectivity index (χ2v) is 10.3. The summed E-state index contributed by atoms with van der Waals surface area (Å²) in [5.74, 6) is -0.111. The summed E-state index contributed by atoms with van der Waals surface area (Å²) in [5.41, 5.74) is 6.40. The van der Waals surface area contributed by atoms with Crippen LogP contribution in [-0.2, 0) is 37.0 Å². The first kappa shape index (κ1) is 21.3. The minimum absolute atomic E-state index is 0.0655. The van der Waals surface area contributed by atoms with Crippen LogP contribution in [0.15, 0.2) is 17.2 Å². The lowest BCUT2D eigenvalue weighted by molar-refractivity contribution is 0.0636. The summed E-state index contributed by atoms with van der Waals surface area (Å²) in [5, 5.41) is 7.55. The molecular weight excluding hydrogens is 426 g/mol. The van der Waals surface area contributed by atoms with Crippen molar-refractivity contribution in [3.05, 3.63) is 40.1 Å². The smallest absolute Gasteiger partial charge is 0.361 e. The van der Waals surface area contributed by atoms with Crippen molar-refractivity contribution in [2.45, 2.75) is 69.9 Å². The molecule has 170 valence electrons. The van der Waals surface area contributed by atoms with Crippen molar-refractivity contribution in [1.29, 1.82) is 0 Å². The van der Waals surface area contributed by atoms with Gasteiger partial charge in [-0.05, 0) is 81.0 Å². The first-order chi connectivity index (χ1) is 15.4. The van der Waals surface area contributed by atoms with Gasteiger partial charge < -0.3 is 14.8 Å². The molecule has 9 heteroatoms. The Balaban J connectivity index is 1.33. The Bertz CT molecular complexity index is 1040. The Kier molecular flexibility index (Phi) is 5.63. The summed E-state index contributed by atoms with van der Waals surface area (Å²) in [6.45, 7) is 5.30. The molecule has 3 aliphatic rings. The second kappa shape index (κ2) is 8.44. The average Bonchev–Trinajstić information content (AvgIpc) is 3.44. The standard InChI is InChI=1S/C23H29N5O3S/c1-14(2)28-19(22(29)27-10-5-11-27)13-20(25-28)32(31)26-23(30)24-21-17-8-3-6-15(17)12-16-7-4-9-18(16)21/h12-14H,3-11H2,1-2H3,(H2,24,26,30). The van der Waals surface area contributed by atoms with Gasteiger partial charge in [0.2, 0.25) is 0 Å². The van der Waals surface area contributed by atoms with Crippen LogP contribution < -0.4 is 10.0 Å². The van der Waals surface area contributed by atoms with Gasteiger partial charge in [0, 0.05) is 30.9 Å². The van der Waals surface area contributed by atoms with Crippen molar-refractivity contribution >= 4 is 29.0 Å². The molecule has 1 atom stereocenters. The molecule has 1 saturated heterocycles. The van der Waals surface area contributed by atoms with Gasteiger partial charge in [0.25, 0.3) is 10.9 Å². The maximum Gasteiger partial charge on any atom is 0.361 e. The van der Waals surface area contributed by atoms with Gasteiger partial charge in [-0.2, -0.15) is 0 Å². The van der Waals surface area contributed by atoms with Crippen LogP contribution in [0, 0.1) is 0 Å². The van der Waals surface area contributed by atoms with Crippen molar-refractivity contribution < 1.29 is 14.1 Å². The van der Waals surface area contributed by atoms with Gasteiger partial charge in [-0.3, -0.25) is 9.48 Å². The van der Waals surface area contributed by atoms with E-state index < -0.39 is 17.4 Å². The number of carbonyl (C=O) groups is 2. The van der Waals surface area contributed by atoms with Gasteiger partial charge >= 0.3 is 6.03 Å². The van der Waals surface area contributed by atoms with Gasteiger partial charge in [-0.15, -0.1) is 9.82 Å². The zero-order valence-corrected chi connectivity index (χ0v) is 19.4. The maximum atomic E-state index is 12.9. The quantitative estimate of drug-likeness (QED) is 0.676. The van der Waals surface area contributed by atoms with Crippen LogP contribution in [0.5, 0.6) is 0 Å². The number of nitrogens with zero attached hydrogens (tertiary/aromatic N) is 3. The molecule has 1 aromatic carbocycles. The van der Waals surface area contributed by atoms with Crippen LogP contribution in [0.3, 0.4) is 0 Å². The highest BCUT2D eigenvalue weighted by Crippen LogP contribution is 2.38. The molecule has 5 rings (SSSR count). The molecule has 0 spiro atoms. The Morgan fingerprint density at radius 1 is 1.03 bits per heavy atom. The molecule has 1 unspecified atom stereocenters. The van der Waals surface area contributed by atoms with E-state index in [0.717, 1.165) is 63.7 Å². The van der Waals surface area contributed by atoms with E-state index >= 15 is 0 Å². The topological polar surface area (TPSA) is 102 Å². The first-order valence-corrected chi connectivity index (χ1v) is 12.6. The van der Waals surface area contributed by atoms with Crippen LogP contribution in [0.4, 0.5) is 10.5 Å². The molecule has 8 nitrogen and oxygen atoms in total. The highest BCUT2D eigenvalue weighted by molar-refractivity contribution is 7.90. The molecule has 0 saturated carbocycles. The zero-order valence-electron chi connectivity index (χ0n) is 18.6. The van der Waals surface area contributed by atoms with Gasteiger partial charge in [0.15, 0.2) is 0 Å². The van der Waals surface area contributed by atoms with E-state index in [1.54, 1.807) is 9.58 Å². The van der Waals surface area contributed by atoms with E-state index in [2.05, 4.69) is 21.2 Å². The van der Waals surface area contributed by atoms with Crippen molar-refractivity contribution in [2.24, 2.45) is 0 Å². The molecule has 3 amide bonds. The summed E-state index contributed by atoms with van der Waals surface area (Å²) < 4.78 is 17.0. The van der Waals surface area contributed by atoms with Crippen LogP contribution in [-0.4, -0.2) is 44.3 Å². The fourth-order valence-electron chi connectivity index (χ4n) is 4.94. The molecule has 2 N–H and O–H groups in total. The third-order valence-corrected chi connectivity index (χ3v) is 7.60. The number of urea groups is 1. The van der Waals surface area contributed by atoms with Crippen molar-refractivity contribution in [3.8, 4) is 0 Å². The number of rotatable bonds is 5. The van der Waals surface area contributed by atoms with Crippen LogP contribution >= 0.6 is 0 Å². The Morgan fingerprint density at radius 3 is 2.25 bits per heavy atom. The number of aromatic nitrogens is 2. The van der Waals surface area contributed by atoms with Gasteiger partial charge in [0.05, 0.1) is 0 Å². The minimum atomic E-state index is -1.87. The van der Waals surface area contributed by atoms with Crippen LogP contribution in [0.2, 0.25) is 0 Å². The SMILES string of the molecule is CC(C)n1nc([S+]([O-])NC(=O)Nc2c3c(cc4c2CCC4)CCC3)cc1C(=O)N1CCC1. The lowest BCUT2D eigenvalue weighted by atomic mass is 9.99. The molecule has 32 heavy (non-hydrogen) atoms. The van der Waals surface area contributed by atoms with E-state index in [0.29, 0.717) is 5.69 Å². The van der Waals surface area contributed by atoms with E-state index in [1.165, 1.54) is 28.3 Å². The van der Waals surface area contributed by atoms with Gasteiger partial charge in [0.1, 0.15) is 17.1 Å². The first-order valence-electron chi connectivity index (χ1n) is 11.5. The monoisotopic (exact) mass is 455 g/mol. The van der Waals surface area contributed by atoms with Crippen LogP contribution in [0.1, 0.15) is 71.9 Å². The highest BCUT2D eigenvalue weighted by Gasteiger charge is 2.31. The number of anilines is 1. The molecule has 2 aromatic rings. The lowest BCUT2D eigenvalue weighted by Crippen LogP contribution is -2.43. The molecule has 2 heterocycles. The predicted octanol–water partition coefficient (Wildman–Crippen LogP) is 3.13. The molecular formula is C23H29N5O3S. The van der Waals surface area contributed by atoms with Gasteiger partial charge in [-0.25, -0.2) is 4.79 Å². The van der Waals surface area contributed by atoms with Crippen molar-refractivity contribution in [2.75, 3.05) is 18.4 Å². The fraction of sp³-hybridized carbons (Fsp3) is 0.522. The summed E-state index contributed by atoms with van der Waals surface area (Å²) >= 11 is -1.87. The Morgan fingerprint density at radius 2 is 1.69 bits per heavy atom. The number of benzene rings is 1. The molecule has 1 aromatic heterocycles. The second-order valence-electron chi connectivity index (χ2n) is 9.11. The number of aryl methyl sites for hydroxylation is 2. The molecule has 2 aliphatic carbocycles. The largest absolute Gasteiger partial charge is 0.586 e.